The van der Waals surface area contributed by atoms with Gasteiger partial charge in [0, 0.05) is 18.0 Å². The van der Waals surface area contributed by atoms with Gasteiger partial charge < -0.3 is 0 Å². The molecule has 0 fully saturated rings. The number of halogens is 1. The molecule has 0 saturated heterocycles. The molecule has 16 heavy (non-hydrogen) atoms. The number of hydrogen-bond acceptors (Lipinski definition) is 3. The second-order valence-corrected chi connectivity index (χ2v) is 4.14. The Morgan fingerprint density at radius 2 is 1.69 bits per heavy atom. The lowest BCUT2D eigenvalue weighted by atomic mass is 10.1. The summed E-state index contributed by atoms with van der Waals surface area (Å²) in [5.74, 6) is 0. The average molecular weight is 234 g/mol. The summed E-state index contributed by atoms with van der Waals surface area (Å²) < 4.78 is 0. The minimum absolute atomic E-state index is 0.426. The van der Waals surface area contributed by atoms with Crippen LogP contribution in [0.4, 0.5) is 0 Å². The van der Waals surface area contributed by atoms with Gasteiger partial charge in [0.2, 0.25) is 0 Å². The lowest BCUT2D eigenvalue weighted by Crippen LogP contribution is -1.96. The van der Waals surface area contributed by atoms with Crippen molar-refractivity contribution in [3.63, 3.8) is 0 Å². The van der Waals surface area contributed by atoms with E-state index in [1.807, 2.05) is 26.8 Å². The van der Waals surface area contributed by atoms with Crippen LogP contribution in [0.5, 0.6) is 0 Å². The molecule has 2 heterocycles. The number of nitrogens with zero attached hydrogens (tertiary/aromatic N) is 3. The van der Waals surface area contributed by atoms with Crippen molar-refractivity contribution >= 4 is 11.6 Å². The van der Waals surface area contributed by atoms with E-state index < -0.39 is 0 Å². The van der Waals surface area contributed by atoms with Crippen LogP contribution in [-0.4, -0.2) is 15.0 Å². The van der Waals surface area contributed by atoms with Gasteiger partial charge in [-0.3, -0.25) is 4.98 Å². The van der Waals surface area contributed by atoms with Crippen LogP contribution < -0.4 is 0 Å². The fraction of sp³-hybridized carbons (Fsp3) is 0.250. The third kappa shape index (κ3) is 2.04. The van der Waals surface area contributed by atoms with Crippen LogP contribution in [0.25, 0.3) is 11.3 Å². The van der Waals surface area contributed by atoms with Gasteiger partial charge in [0.05, 0.1) is 11.4 Å². The van der Waals surface area contributed by atoms with Crippen molar-refractivity contribution in [1.82, 2.24) is 15.0 Å². The van der Waals surface area contributed by atoms with Gasteiger partial charge in [-0.15, -0.1) is 0 Å². The van der Waals surface area contributed by atoms with Gasteiger partial charge in [0.15, 0.2) is 5.15 Å². The molecule has 2 aromatic rings. The molecule has 2 rings (SSSR count). The largest absolute Gasteiger partial charge is 0.264 e. The summed E-state index contributed by atoms with van der Waals surface area (Å²) in [5.41, 5.74) is 4.42. The highest BCUT2D eigenvalue weighted by Crippen LogP contribution is 2.25. The molecule has 0 aliphatic rings. The van der Waals surface area contributed by atoms with E-state index in [0.29, 0.717) is 10.8 Å². The lowest BCUT2D eigenvalue weighted by Gasteiger charge is -2.06. The standard InChI is InChI=1S/C12H12ClN3/c1-7-4-10(6-14-5-7)11-12(13)16-9(3)8(2)15-11/h4-6H,1-3H3. The zero-order valence-electron chi connectivity index (χ0n) is 9.45. The van der Waals surface area contributed by atoms with E-state index in [2.05, 4.69) is 15.0 Å². The van der Waals surface area contributed by atoms with Crippen molar-refractivity contribution in [2.75, 3.05) is 0 Å². The molecule has 0 N–H and O–H groups in total. The van der Waals surface area contributed by atoms with Gasteiger partial charge in [0.1, 0.15) is 5.69 Å². The Kier molecular flexibility index (Phi) is 2.88. The fourth-order valence-electron chi connectivity index (χ4n) is 1.44. The monoisotopic (exact) mass is 233 g/mol. The van der Waals surface area contributed by atoms with Gasteiger partial charge in [-0.2, -0.15) is 0 Å². The van der Waals surface area contributed by atoms with E-state index in [-0.39, 0.29) is 0 Å². The summed E-state index contributed by atoms with van der Waals surface area (Å²) in [4.78, 5) is 12.8. The van der Waals surface area contributed by atoms with Crippen molar-refractivity contribution in [1.29, 1.82) is 0 Å². The molecule has 0 atom stereocenters. The van der Waals surface area contributed by atoms with E-state index in [0.717, 1.165) is 22.5 Å². The highest BCUT2D eigenvalue weighted by Gasteiger charge is 2.09. The third-order valence-electron chi connectivity index (χ3n) is 2.41. The maximum Gasteiger partial charge on any atom is 0.155 e. The van der Waals surface area contributed by atoms with Gasteiger partial charge in [-0.1, -0.05) is 11.6 Å². The summed E-state index contributed by atoms with van der Waals surface area (Å²) in [6.45, 7) is 5.80. The SMILES string of the molecule is Cc1cncc(-c2nc(C)c(C)nc2Cl)c1. The van der Waals surface area contributed by atoms with Crippen molar-refractivity contribution in [3.8, 4) is 11.3 Å². The Morgan fingerprint density at radius 3 is 2.38 bits per heavy atom. The van der Waals surface area contributed by atoms with Crippen LogP contribution in [0.2, 0.25) is 5.15 Å². The summed E-state index contributed by atoms with van der Waals surface area (Å²) in [7, 11) is 0. The van der Waals surface area contributed by atoms with Crippen molar-refractivity contribution in [2.24, 2.45) is 0 Å². The molecule has 82 valence electrons. The number of hydrogen-bond donors (Lipinski definition) is 0. The zero-order valence-corrected chi connectivity index (χ0v) is 10.2. The van der Waals surface area contributed by atoms with E-state index in [1.54, 1.807) is 12.4 Å². The smallest absolute Gasteiger partial charge is 0.155 e. The summed E-state index contributed by atoms with van der Waals surface area (Å²) in [6, 6.07) is 2.00. The number of aromatic nitrogens is 3. The molecule has 0 saturated carbocycles. The normalized spacial score (nSPS) is 10.5. The van der Waals surface area contributed by atoms with E-state index in [1.165, 1.54) is 0 Å². The summed E-state index contributed by atoms with van der Waals surface area (Å²) in [6.07, 6.45) is 3.55. The highest BCUT2D eigenvalue weighted by molar-refractivity contribution is 6.31. The maximum absolute atomic E-state index is 6.09. The van der Waals surface area contributed by atoms with Crippen LogP contribution in [0.3, 0.4) is 0 Å². The predicted molar refractivity (Wildman–Crippen MR) is 64.5 cm³/mol. The molecule has 2 aromatic heterocycles. The zero-order chi connectivity index (χ0) is 11.7. The molecule has 0 bridgehead atoms. The molecule has 0 unspecified atom stereocenters. The van der Waals surface area contributed by atoms with Crippen LogP contribution in [0.15, 0.2) is 18.5 Å². The first kappa shape index (κ1) is 11.0. The highest BCUT2D eigenvalue weighted by atomic mass is 35.5. The molecule has 3 nitrogen and oxygen atoms in total. The van der Waals surface area contributed by atoms with Gasteiger partial charge in [-0.05, 0) is 32.4 Å². The molecule has 0 aliphatic heterocycles. The minimum atomic E-state index is 0.426. The number of rotatable bonds is 1. The van der Waals surface area contributed by atoms with Crippen LogP contribution in [0.1, 0.15) is 17.0 Å². The Bertz CT molecular complexity index is 538. The average Bonchev–Trinajstić information content (AvgIpc) is 2.23. The first-order chi connectivity index (χ1) is 7.58. The van der Waals surface area contributed by atoms with Crippen molar-refractivity contribution in [2.45, 2.75) is 20.8 Å². The minimum Gasteiger partial charge on any atom is -0.264 e. The van der Waals surface area contributed by atoms with Crippen molar-refractivity contribution < 1.29 is 0 Å². The molecular formula is C12H12ClN3. The molecule has 0 amide bonds. The molecule has 0 aliphatic carbocycles. The summed E-state index contributed by atoms with van der Waals surface area (Å²) in [5, 5.41) is 0.426. The van der Waals surface area contributed by atoms with E-state index in [4.69, 9.17) is 11.6 Å². The first-order valence-electron chi connectivity index (χ1n) is 5.00. The van der Waals surface area contributed by atoms with Crippen LogP contribution in [0, 0.1) is 20.8 Å². The van der Waals surface area contributed by atoms with E-state index in [9.17, 15) is 0 Å². The molecule has 0 radical (unpaired) electrons. The topological polar surface area (TPSA) is 38.7 Å². The van der Waals surface area contributed by atoms with Gasteiger partial charge in [-0.25, -0.2) is 9.97 Å². The maximum atomic E-state index is 6.09. The van der Waals surface area contributed by atoms with Crippen LogP contribution >= 0.6 is 11.6 Å². The van der Waals surface area contributed by atoms with Crippen molar-refractivity contribution in [3.05, 3.63) is 40.6 Å². The third-order valence-corrected chi connectivity index (χ3v) is 2.68. The quantitative estimate of drug-likeness (QED) is 0.760. The molecule has 4 heteroatoms. The Balaban J connectivity index is 2.60. The molecular weight excluding hydrogens is 222 g/mol. The predicted octanol–water partition coefficient (Wildman–Crippen LogP) is 3.12. The van der Waals surface area contributed by atoms with Crippen LogP contribution in [-0.2, 0) is 0 Å². The van der Waals surface area contributed by atoms with Gasteiger partial charge in [0.25, 0.3) is 0 Å². The number of aryl methyl sites for hydroxylation is 3. The summed E-state index contributed by atoms with van der Waals surface area (Å²) >= 11 is 6.09. The number of pyridine rings is 1. The Labute approximate surface area is 99.5 Å². The second-order valence-electron chi connectivity index (χ2n) is 3.78. The first-order valence-corrected chi connectivity index (χ1v) is 5.38. The Morgan fingerprint density at radius 1 is 1.00 bits per heavy atom. The fourth-order valence-corrected chi connectivity index (χ4v) is 1.72. The second kappa shape index (κ2) is 4.18. The van der Waals surface area contributed by atoms with E-state index >= 15 is 0 Å². The molecule has 0 aromatic carbocycles. The Hall–Kier alpha value is -1.48. The van der Waals surface area contributed by atoms with Gasteiger partial charge >= 0.3 is 0 Å². The lowest BCUT2D eigenvalue weighted by molar-refractivity contribution is 1.05. The molecule has 0 spiro atoms.